The Morgan fingerprint density at radius 2 is 2.13 bits per heavy atom. The van der Waals surface area contributed by atoms with Crippen molar-refractivity contribution < 1.29 is 0 Å². The van der Waals surface area contributed by atoms with Crippen LogP contribution in [0.5, 0.6) is 0 Å². The Bertz CT molecular complexity index is 588. The van der Waals surface area contributed by atoms with Gasteiger partial charge >= 0.3 is 0 Å². The monoisotopic (exact) mass is 310 g/mol. The number of hydrogen-bond donors (Lipinski definition) is 3. The van der Waals surface area contributed by atoms with Crippen molar-refractivity contribution in [3.8, 4) is 12.1 Å². The van der Waals surface area contributed by atoms with Crippen LogP contribution in [0.25, 0.3) is 0 Å². The van der Waals surface area contributed by atoms with Gasteiger partial charge in [-0.1, -0.05) is 0 Å². The number of piperidine rings is 1. The lowest BCUT2D eigenvalue weighted by Gasteiger charge is -2.33. The van der Waals surface area contributed by atoms with Crippen LogP contribution in [-0.2, 0) is 6.42 Å². The fourth-order valence-electron chi connectivity index (χ4n) is 2.92. The van der Waals surface area contributed by atoms with Gasteiger partial charge in [0.25, 0.3) is 0 Å². The maximum absolute atomic E-state index is 9.11. The predicted molar refractivity (Wildman–Crippen MR) is 87.8 cm³/mol. The van der Waals surface area contributed by atoms with Crippen molar-refractivity contribution in [1.82, 2.24) is 20.9 Å². The Labute approximate surface area is 137 Å². The molecule has 23 heavy (non-hydrogen) atoms. The molecular weight excluding hydrogens is 288 g/mol. The maximum atomic E-state index is 9.11. The Morgan fingerprint density at radius 3 is 2.70 bits per heavy atom. The Balaban J connectivity index is 2.21. The van der Waals surface area contributed by atoms with Gasteiger partial charge in [0.05, 0.1) is 0 Å². The molecule has 2 unspecified atom stereocenters. The molecule has 1 aromatic rings. The van der Waals surface area contributed by atoms with Crippen molar-refractivity contribution in [2.45, 2.75) is 25.3 Å². The van der Waals surface area contributed by atoms with Crippen LogP contribution in [0.2, 0.25) is 0 Å². The van der Waals surface area contributed by atoms with Crippen LogP contribution in [0, 0.1) is 28.6 Å². The highest BCUT2D eigenvalue weighted by atomic mass is 15.1. The zero-order valence-corrected chi connectivity index (χ0v) is 13.3. The first-order valence-electron chi connectivity index (χ1n) is 7.87. The van der Waals surface area contributed by atoms with E-state index in [4.69, 9.17) is 10.5 Å². The summed E-state index contributed by atoms with van der Waals surface area (Å²) in [7, 11) is 1.72. The van der Waals surface area contributed by atoms with Crippen molar-refractivity contribution in [3.63, 3.8) is 0 Å². The molecule has 2 rings (SSSR count). The minimum Gasteiger partial charge on any atom is -0.373 e. The zero-order valence-electron chi connectivity index (χ0n) is 13.3. The summed E-state index contributed by atoms with van der Waals surface area (Å²) in [6.45, 7) is 1.99. The SMILES string of the molecule is CNC(NC(Cc1ccncc1)C1CCCNC1)=C(C#N)C#N. The van der Waals surface area contributed by atoms with E-state index in [-0.39, 0.29) is 11.6 Å². The normalized spacial score (nSPS) is 18.1. The van der Waals surface area contributed by atoms with Crippen molar-refractivity contribution >= 4 is 0 Å². The Kier molecular flexibility index (Phi) is 6.40. The van der Waals surface area contributed by atoms with Crippen LogP contribution < -0.4 is 16.0 Å². The fourth-order valence-corrected chi connectivity index (χ4v) is 2.92. The van der Waals surface area contributed by atoms with Gasteiger partial charge in [-0.2, -0.15) is 10.5 Å². The number of aromatic nitrogens is 1. The Morgan fingerprint density at radius 1 is 1.39 bits per heavy atom. The van der Waals surface area contributed by atoms with E-state index in [1.807, 2.05) is 24.3 Å². The molecule has 1 aliphatic rings. The van der Waals surface area contributed by atoms with E-state index in [1.165, 1.54) is 5.56 Å². The first-order chi connectivity index (χ1) is 11.3. The molecule has 0 aliphatic carbocycles. The van der Waals surface area contributed by atoms with E-state index in [0.29, 0.717) is 11.7 Å². The zero-order chi connectivity index (χ0) is 16.5. The van der Waals surface area contributed by atoms with E-state index >= 15 is 0 Å². The minimum atomic E-state index is 0.0796. The van der Waals surface area contributed by atoms with Gasteiger partial charge < -0.3 is 16.0 Å². The number of rotatable bonds is 6. The number of allylic oxidation sites excluding steroid dienone is 1. The third-order valence-electron chi connectivity index (χ3n) is 4.16. The van der Waals surface area contributed by atoms with Gasteiger partial charge in [-0.3, -0.25) is 4.98 Å². The van der Waals surface area contributed by atoms with Crippen LogP contribution >= 0.6 is 0 Å². The average Bonchev–Trinajstić information content (AvgIpc) is 2.62. The summed E-state index contributed by atoms with van der Waals surface area (Å²) in [5, 5.41) is 28.0. The van der Waals surface area contributed by atoms with Crippen molar-refractivity contribution in [3.05, 3.63) is 41.5 Å². The highest BCUT2D eigenvalue weighted by molar-refractivity contribution is 5.39. The van der Waals surface area contributed by atoms with Crippen LogP contribution in [0.1, 0.15) is 18.4 Å². The predicted octanol–water partition coefficient (Wildman–Crippen LogP) is 1.06. The van der Waals surface area contributed by atoms with Crippen LogP contribution in [0.15, 0.2) is 35.9 Å². The van der Waals surface area contributed by atoms with E-state index in [0.717, 1.165) is 32.4 Å². The fraction of sp³-hybridized carbons (Fsp3) is 0.471. The Hall–Kier alpha value is -2.57. The second-order valence-corrected chi connectivity index (χ2v) is 5.64. The van der Waals surface area contributed by atoms with Gasteiger partial charge in [-0.15, -0.1) is 0 Å². The van der Waals surface area contributed by atoms with Crippen molar-refractivity contribution in [1.29, 1.82) is 10.5 Å². The van der Waals surface area contributed by atoms with Gasteiger partial charge in [-0.05, 0) is 56.0 Å². The molecule has 1 saturated heterocycles. The molecule has 0 amide bonds. The second-order valence-electron chi connectivity index (χ2n) is 5.64. The third kappa shape index (κ3) is 4.70. The van der Waals surface area contributed by atoms with E-state index < -0.39 is 0 Å². The summed E-state index contributed by atoms with van der Waals surface area (Å²) in [5.41, 5.74) is 1.27. The summed E-state index contributed by atoms with van der Waals surface area (Å²) in [6.07, 6.45) is 6.67. The summed E-state index contributed by atoms with van der Waals surface area (Å²) in [5.74, 6) is 0.943. The molecule has 6 nitrogen and oxygen atoms in total. The molecule has 2 atom stereocenters. The molecule has 2 heterocycles. The highest BCUT2D eigenvalue weighted by Crippen LogP contribution is 2.19. The highest BCUT2D eigenvalue weighted by Gasteiger charge is 2.25. The number of nitriles is 2. The molecule has 6 heteroatoms. The standard InChI is InChI=1S/C17H22N6/c1-20-17(15(10-18)11-19)23-16(14-3-2-6-22-12-14)9-13-4-7-21-8-5-13/h4-5,7-8,14,16,20,22-23H,2-3,6,9,12H2,1H3. The van der Waals surface area contributed by atoms with Gasteiger partial charge in [0.2, 0.25) is 0 Å². The summed E-state index contributed by atoms with van der Waals surface area (Å²) in [4.78, 5) is 4.06. The topological polar surface area (TPSA) is 96.6 Å². The quantitative estimate of drug-likeness (QED) is 0.680. The molecule has 1 aliphatic heterocycles. The molecule has 0 spiro atoms. The van der Waals surface area contributed by atoms with Gasteiger partial charge in [0, 0.05) is 25.5 Å². The van der Waals surface area contributed by atoms with Crippen LogP contribution in [0.4, 0.5) is 0 Å². The van der Waals surface area contributed by atoms with Gasteiger partial charge in [0.1, 0.15) is 18.0 Å². The van der Waals surface area contributed by atoms with Gasteiger partial charge in [0.15, 0.2) is 5.57 Å². The minimum absolute atomic E-state index is 0.0796. The summed E-state index contributed by atoms with van der Waals surface area (Å²) < 4.78 is 0. The molecular formula is C17H22N6. The van der Waals surface area contributed by atoms with Crippen molar-refractivity contribution in [2.75, 3.05) is 20.1 Å². The molecule has 0 radical (unpaired) electrons. The lowest BCUT2D eigenvalue weighted by molar-refractivity contribution is 0.291. The lowest BCUT2D eigenvalue weighted by Crippen LogP contribution is -2.46. The van der Waals surface area contributed by atoms with E-state index in [9.17, 15) is 0 Å². The maximum Gasteiger partial charge on any atom is 0.169 e. The number of pyridine rings is 1. The van der Waals surface area contributed by atoms with E-state index in [1.54, 1.807) is 19.4 Å². The number of nitrogens with one attached hydrogen (secondary N) is 3. The average molecular weight is 310 g/mol. The molecule has 0 aromatic carbocycles. The number of nitrogens with zero attached hydrogens (tertiary/aromatic N) is 3. The van der Waals surface area contributed by atoms with Crippen molar-refractivity contribution in [2.24, 2.45) is 5.92 Å². The molecule has 3 N–H and O–H groups in total. The van der Waals surface area contributed by atoms with E-state index in [2.05, 4.69) is 20.9 Å². The third-order valence-corrected chi connectivity index (χ3v) is 4.16. The van der Waals surface area contributed by atoms with Crippen LogP contribution in [0.3, 0.4) is 0 Å². The molecule has 1 aromatic heterocycles. The lowest BCUT2D eigenvalue weighted by atomic mass is 9.88. The second kappa shape index (κ2) is 8.77. The summed E-state index contributed by atoms with van der Waals surface area (Å²) in [6, 6.07) is 8.03. The molecule has 0 bridgehead atoms. The number of hydrogen-bond acceptors (Lipinski definition) is 6. The first-order valence-corrected chi connectivity index (χ1v) is 7.87. The molecule has 0 saturated carbocycles. The molecule has 120 valence electrons. The summed E-state index contributed by atoms with van der Waals surface area (Å²) >= 11 is 0. The first kappa shape index (κ1) is 16.8. The van der Waals surface area contributed by atoms with Gasteiger partial charge in [-0.25, -0.2) is 0 Å². The smallest absolute Gasteiger partial charge is 0.169 e. The molecule has 1 fully saturated rings. The largest absolute Gasteiger partial charge is 0.373 e. The van der Waals surface area contributed by atoms with Crippen LogP contribution in [-0.4, -0.2) is 31.2 Å².